The number of rotatable bonds is 3. The third-order valence-corrected chi connectivity index (χ3v) is 2.66. The van der Waals surface area contributed by atoms with E-state index in [1.54, 1.807) is 6.92 Å². The molecule has 0 aliphatic heterocycles. The van der Waals surface area contributed by atoms with Crippen molar-refractivity contribution in [1.29, 1.82) is 0 Å². The van der Waals surface area contributed by atoms with Crippen molar-refractivity contribution >= 4 is 17.6 Å². The van der Waals surface area contributed by atoms with Crippen molar-refractivity contribution in [3.8, 4) is 0 Å². The largest absolute Gasteiger partial charge is 0.478 e. The first-order chi connectivity index (χ1) is 8.32. The van der Waals surface area contributed by atoms with E-state index in [1.807, 2.05) is 0 Å². The number of carbonyl (C=O) groups is 2. The molecule has 0 aliphatic carbocycles. The minimum absolute atomic E-state index is 0.0211. The van der Waals surface area contributed by atoms with Crippen LogP contribution in [0.3, 0.4) is 0 Å². The molecular weight excluding hydrogens is 237 g/mol. The number of carboxylic acid groups (broad SMARTS) is 1. The van der Waals surface area contributed by atoms with Crippen LogP contribution in [0.2, 0.25) is 0 Å². The molecule has 4 nitrogen and oxygen atoms in total. The third-order valence-electron chi connectivity index (χ3n) is 2.66. The lowest BCUT2D eigenvalue weighted by atomic mass is 10.1. The summed E-state index contributed by atoms with van der Waals surface area (Å²) in [5, 5.41) is 11.3. The lowest BCUT2D eigenvalue weighted by Gasteiger charge is -2.09. The number of hydrogen-bond acceptors (Lipinski definition) is 2. The van der Waals surface area contributed by atoms with Crippen LogP contribution in [0.15, 0.2) is 29.3 Å². The monoisotopic (exact) mass is 251 g/mol. The molecule has 5 heteroatoms. The highest BCUT2D eigenvalue weighted by Gasteiger charge is 2.13. The summed E-state index contributed by atoms with van der Waals surface area (Å²) >= 11 is 0. The van der Waals surface area contributed by atoms with Crippen molar-refractivity contribution in [2.45, 2.75) is 20.8 Å². The summed E-state index contributed by atoms with van der Waals surface area (Å²) in [5.41, 5.74) is 1.13. The molecule has 0 bridgehead atoms. The molecule has 1 aromatic carbocycles. The van der Waals surface area contributed by atoms with Gasteiger partial charge in [0.15, 0.2) is 0 Å². The van der Waals surface area contributed by atoms with Crippen molar-refractivity contribution in [1.82, 2.24) is 0 Å². The minimum Gasteiger partial charge on any atom is -0.478 e. The Bertz CT molecular complexity index is 535. The second kappa shape index (κ2) is 5.44. The number of hydrogen-bond donors (Lipinski definition) is 2. The quantitative estimate of drug-likeness (QED) is 0.811. The molecule has 18 heavy (non-hydrogen) atoms. The highest BCUT2D eigenvalue weighted by Crippen LogP contribution is 2.17. The summed E-state index contributed by atoms with van der Waals surface area (Å²) in [4.78, 5) is 22.5. The average Bonchev–Trinajstić information content (AvgIpc) is 2.30. The standard InChI is InChI=1S/C13H14FNO3/c1-7-6-10(14)4-5-11(7)15-12(16)8(2)9(3)13(17)18/h4-6H,1-3H3,(H,15,16)(H,17,18). The van der Waals surface area contributed by atoms with Gasteiger partial charge in [-0.25, -0.2) is 9.18 Å². The zero-order chi connectivity index (χ0) is 13.9. The van der Waals surface area contributed by atoms with Gasteiger partial charge in [-0.05, 0) is 44.5 Å². The van der Waals surface area contributed by atoms with E-state index in [-0.39, 0.29) is 17.0 Å². The zero-order valence-electron chi connectivity index (χ0n) is 10.4. The second-order valence-corrected chi connectivity index (χ2v) is 3.97. The number of halogens is 1. The Kier molecular flexibility index (Phi) is 4.20. The first-order valence-corrected chi connectivity index (χ1v) is 5.31. The predicted octanol–water partition coefficient (Wildman–Crippen LogP) is 2.49. The van der Waals surface area contributed by atoms with Gasteiger partial charge in [0.1, 0.15) is 5.82 Å². The van der Waals surface area contributed by atoms with Crippen molar-refractivity contribution < 1.29 is 19.1 Å². The molecule has 0 saturated heterocycles. The number of aryl methyl sites for hydroxylation is 1. The maximum Gasteiger partial charge on any atom is 0.331 e. The smallest absolute Gasteiger partial charge is 0.331 e. The Morgan fingerprint density at radius 1 is 1.22 bits per heavy atom. The summed E-state index contributed by atoms with van der Waals surface area (Å²) in [6, 6.07) is 3.95. The SMILES string of the molecule is CC(C(=O)O)=C(C)C(=O)Nc1ccc(F)cc1C. The fourth-order valence-electron chi connectivity index (χ4n) is 1.31. The molecule has 1 amide bonds. The van der Waals surface area contributed by atoms with Gasteiger partial charge in [-0.2, -0.15) is 0 Å². The summed E-state index contributed by atoms with van der Waals surface area (Å²) in [6.45, 7) is 4.44. The number of amides is 1. The van der Waals surface area contributed by atoms with E-state index in [0.29, 0.717) is 11.3 Å². The Labute approximate surface area is 104 Å². The van der Waals surface area contributed by atoms with Crippen molar-refractivity contribution in [3.05, 3.63) is 40.7 Å². The molecule has 0 unspecified atom stereocenters. The van der Waals surface area contributed by atoms with Gasteiger partial charge >= 0.3 is 5.97 Å². The number of benzene rings is 1. The van der Waals surface area contributed by atoms with Gasteiger partial charge in [0.05, 0.1) is 0 Å². The predicted molar refractivity (Wildman–Crippen MR) is 65.8 cm³/mol. The molecular formula is C13H14FNO3. The van der Waals surface area contributed by atoms with Gasteiger partial charge in [0.2, 0.25) is 0 Å². The van der Waals surface area contributed by atoms with Crippen LogP contribution in [0, 0.1) is 12.7 Å². The van der Waals surface area contributed by atoms with E-state index in [2.05, 4.69) is 5.32 Å². The van der Waals surface area contributed by atoms with Gasteiger partial charge < -0.3 is 10.4 Å². The van der Waals surface area contributed by atoms with Crippen LogP contribution >= 0.6 is 0 Å². The molecule has 0 fully saturated rings. The Balaban J connectivity index is 2.95. The average molecular weight is 251 g/mol. The fraction of sp³-hybridized carbons (Fsp3) is 0.231. The van der Waals surface area contributed by atoms with Crippen LogP contribution in [0.25, 0.3) is 0 Å². The fourth-order valence-corrected chi connectivity index (χ4v) is 1.31. The zero-order valence-corrected chi connectivity index (χ0v) is 10.4. The first-order valence-electron chi connectivity index (χ1n) is 5.31. The number of carboxylic acids is 1. The molecule has 2 N–H and O–H groups in total. The summed E-state index contributed by atoms with van der Waals surface area (Å²) in [5.74, 6) is -2.04. The van der Waals surface area contributed by atoms with Crippen LogP contribution in [-0.2, 0) is 9.59 Å². The van der Waals surface area contributed by atoms with E-state index < -0.39 is 11.9 Å². The maximum atomic E-state index is 12.9. The van der Waals surface area contributed by atoms with Crippen molar-refractivity contribution in [2.75, 3.05) is 5.32 Å². The van der Waals surface area contributed by atoms with Crippen molar-refractivity contribution in [3.63, 3.8) is 0 Å². The van der Waals surface area contributed by atoms with E-state index in [1.165, 1.54) is 32.0 Å². The second-order valence-electron chi connectivity index (χ2n) is 3.97. The topological polar surface area (TPSA) is 66.4 Å². The van der Waals surface area contributed by atoms with E-state index >= 15 is 0 Å². The molecule has 0 heterocycles. The van der Waals surface area contributed by atoms with Gasteiger partial charge in [-0.3, -0.25) is 4.79 Å². The number of nitrogens with one attached hydrogen (secondary N) is 1. The minimum atomic E-state index is -1.14. The lowest BCUT2D eigenvalue weighted by molar-refractivity contribution is -0.133. The van der Waals surface area contributed by atoms with Crippen LogP contribution < -0.4 is 5.32 Å². The normalized spacial score (nSPS) is 11.8. The van der Waals surface area contributed by atoms with Gasteiger partial charge in [-0.15, -0.1) is 0 Å². The summed E-state index contributed by atoms with van der Waals surface area (Å²) in [7, 11) is 0. The molecule has 0 radical (unpaired) electrons. The molecule has 0 aromatic heterocycles. The highest BCUT2D eigenvalue weighted by atomic mass is 19.1. The van der Waals surface area contributed by atoms with E-state index in [9.17, 15) is 14.0 Å². The third kappa shape index (κ3) is 3.16. The highest BCUT2D eigenvalue weighted by molar-refractivity contribution is 6.08. The number of anilines is 1. The van der Waals surface area contributed by atoms with E-state index in [0.717, 1.165) is 0 Å². The Hall–Kier alpha value is -2.17. The maximum absolute atomic E-state index is 12.9. The number of aliphatic carboxylic acids is 1. The van der Waals surface area contributed by atoms with Crippen LogP contribution in [0.1, 0.15) is 19.4 Å². The molecule has 1 aromatic rings. The molecule has 0 atom stereocenters. The van der Waals surface area contributed by atoms with Crippen LogP contribution in [-0.4, -0.2) is 17.0 Å². The van der Waals surface area contributed by atoms with Crippen molar-refractivity contribution in [2.24, 2.45) is 0 Å². The lowest BCUT2D eigenvalue weighted by Crippen LogP contribution is -2.16. The number of carbonyl (C=O) groups excluding carboxylic acids is 1. The molecule has 0 saturated carbocycles. The Morgan fingerprint density at radius 2 is 1.83 bits per heavy atom. The molecule has 0 spiro atoms. The van der Waals surface area contributed by atoms with Crippen LogP contribution in [0.5, 0.6) is 0 Å². The summed E-state index contributed by atoms with van der Waals surface area (Å²) < 4.78 is 12.9. The molecule has 1 rings (SSSR count). The van der Waals surface area contributed by atoms with Gasteiger partial charge in [0.25, 0.3) is 5.91 Å². The van der Waals surface area contributed by atoms with Gasteiger partial charge in [0, 0.05) is 16.8 Å². The molecule has 0 aliphatic rings. The van der Waals surface area contributed by atoms with Crippen LogP contribution in [0.4, 0.5) is 10.1 Å². The molecule has 96 valence electrons. The van der Waals surface area contributed by atoms with E-state index in [4.69, 9.17) is 5.11 Å². The first kappa shape index (κ1) is 13.9. The summed E-state index contributed by atoms with van der Waals surface area (Å²) in [6.07, 6.45) is 0. The van der Waals surface area contributed by atoms with Gasteiger partial charge in [-0.1, -0.05) is 0 Å². The Morgan fingerprint density at radius 3 is 2.33 bits per heavy atom.